The molecule has 6 nitrogen and oxygen atoms in total. The van der Waals surface area contributed by atoms with Crippen LogP contribution in [-0.4, -0.2) is 72.2 Å². The van der Waals surface area contributed by atoms with Crippen LogP contribution in [0.5, 0.6) is 0 Å². The van der Waals surface area contributed by atoms with Crippen molar-refractivity contribution in [1.82, 2.24) is 9.80 Å². The predicted molar refractivity (Wildman–Crippen MR) is 68.9 cm³/mol. The van der Waals surface area contributed by atoms with Crippen LogP contribution in [0.15, 0.2) is 0 Å². The number of carbonyl (C=O) groups excluding carboxylic acids is 1. The van der Waals surface area contributed by atoms with Crippen molar-refractivity contribution in [2.45, 2.75) is 31.8 Å². The van der Waals surface area contributed by atoms with Gasteiger partial charge in [0.15, 0.2) is 0 Å². The molecule has 0 aromatic heterocycles. The first-order valence-corrected chi connectivity index (χ1v) is 6.98. The molecule has 108 valence electrons. The van der Waals surface area contributed by atoms with Crippen molar-refractivity contribution >= 4 is 11.9 Å². The molecular formula is C13H22N2O4. The molecule has 2 aliphatic heterocycles. The van der Waals surface area contributed by atoms with Gasteiger partial charge in [0.2, 0.25) is 5.91 Å². The predicted octanol–water partition coefficient (Wildman–Crippen LogP) is 0.174. The lowest BCUT2D eigenvalue weighted by Crippen LogP contribution is -2.49. The molecule has 0 bridgehead atoms. The van der Waals surface area contributed by atoms with Gasteiger partial charge in [-0.15, -0.1) is 0 Å². The number of nitrogens with zero attached hydrogens (tertiary/aromatic N) is 2. The lowest BCUT2D eigenvalue weighted by Gasteiger charge is -2.34. The third kappa shape index (κ3) is 4.47. The summed E-state index contributed by atoms with van der Waals surface area (Å²) in [5, 5.41) is 8.76. The average Bonchev–Trinajstić information content (AvgIpc) is 2.39. The van der Waals surface area contributed by atoms with E-state index in [1.165, 1.54) is 6.42 Å². The maximum absolute atomic E-state index is 12.1. The highest BCUT2D eigenvalue weighted by atomic mass is 16.5. The van der Waals surface area contributed by atoms with E-state index in [1.807, 2.05) is 9.80 Å². The van der Waals surface area contributed by atoms with Gasteiger partial charge < -0.3 is 14.7 Å². The standard InChI is InChI=1S/C13H22N2O4/c16-12(15-4-2-1-3-5-15)10-14-6-7-19-11(9-14)8-13(17)18/h11H,1-10H2,(H,17,18). The fourth-order valence-electron chi connectivity index (χ4n) is 2.68. The number of rotatable bonds is 4. The Hall–Kier alpha value is -1.14. The van der Waals surface area contributed by atoms with E-state index in [2.05, 4.69) is 0 Å². The number of likely N-dealkylation sites (tertiary alicyclic amines) is 1. The molecule has 0 spiro atoms. The van der Waals surface area contributed by atoms with Crippen molar-refractivity contribution in [3.05, 3.63) is 0 Å². The van der Waals surface area contributed by atoms with Crippen molar-refractivity contribution in [3.8, 4) is 0 Å². The maximum atomic E-state index is 12.1. The Labute approximate surface area is 113 Å². The summed E-state index contributed by atoms with van der Waals surface area (Å²) in [6.45, 7) is 3.86. The van der Waals surface area contributed by atoms with Crippen LogP contribution < -0.4 is 0 Å². The second kappa shape index (κ2) is 6.86. The van der Waals surface area contributed by atoms with Crippen LogP contribution in [0.1, 0.15) is 25.7 Å². The van der Waals surface area contributed by atoms with Gasteiger partial charge >= 0.3 is 5.97 Å². The number of carboxylic acid groups (broad SMARTS) is 1. The molecule has 19 heavy (non-hydrogen) atoms. The van der Waals surface area contributed by atoms with E-state index < -0.39 is 5.97 Å². The van der Waals surface area contributed by atoms with Gasteiger partial charge in [0.05, 0.1) is 25.7 Å². The minimum Gasteiger partial charge on any atom is -0.481 e. The van der Waals surface area contributed by atoms with Gasteiger partial charge in [0.1, 0.15) is 0 Å². The second-order valence-electron chi connectivity index (χ2n) is 5.27. The third-order valence-corrected chi connectivity index (χ3v) is 3.69. The Morgan fingerprint density at radius 3 is 2.58 bits per heavy atom. The maximum Gasteiger partial charge on any atom is 0.306 e. The molecular weight excluding hydrogens is 248 g/mol. The van der Waals surface area contributed by atoms with Crippen LogP contribution in [0, 0.1) is 0 Å². The number of carbonyl (C=O) groups is 2. The van der Waals surface area contributed by atoms with E-state index in [4.69, 9.17) is 9.84 Å². The summed E-state index contributed by atoms with van der Waals surface area (Å²) < 4.78 is 5.40. The molecule has 2 saturated heterocycles. The number of amides is 1. The lowest BCUT2D eigenvalue weighted by molar-refractivity contribution is -0.142. The number of ether oxygens (including phenoxy) is 1. The Kier molecular flexibility index (Phi) is 5.15. The molecule has 0 radical (unpaired) electrons. The summed E-state index contributed by atoms with van der Waals surface area (Å²) in [4.78, 5) is 26.7. The minimum absolute atomic E-state index is 0.00834. The zero-order valence-electron chi connectivity index (χ0n) is 11.2. The van der Waals surface area contributed by atoms with Gasteiger partial charge in [-0.25, -0.2) is 0 Å². The van der Waals surface area contributed by atoms with Crippen molar-refractivity contribution in [2.75, 3.05) is 39.3 Å². The zero-order chi connectivity index (χ0) is 13.7. The number of aliphatic carboxylic acids is 1. The zero-order valence-corrected chi connectivity index (χ0v) is 11.2. The molecule has 0 aliphatic carbocycles. The lowest BCUT2D eigenvalue weighted by atomic mass is 10.1. The first-order valence-electron chi connectivity index (χ1n) is 6.98. The quantitative estimate of drug-likeness (QED) is 0.789. The highest BCUT2D eigenvalue weighted by Gasteiger charge is 2.26. The van der Waals surface area contributed by atoms with E-state index in [1.54, 1.807) is 0 Å². The monoisotopic (exact) mass is 270 g/mol. The SMILES string of the molecule is O=C(O)CC1CN(CC(=O)N2CCCCC2)CCO1. The smallest absolute Gasteiger partial charge is 0.306 e. The van der Waals surface area contributed by atoms with Crippen LogP contribution >= 0.6 is 0 Å². The molecule has 6 heteroatoms. The van der Waals surface area contributed by atoms with Crippen molar-refractivity contribution in [2.24, 2.45) is 0 Å². The number of piperidine rings is 1. The van der Waals surface area contributed by atoms with Crippen LogP contribution in [0.4, 0.5) is 0 Å². The van der Waals surface area contributed by atoms with Gasteiger partial charge in [0.25, 0.3) is 0 Å². The van der Waals surface area contributed by atoms with Gasteiger partial charge in [-0.1, -0.05) is 0 Å². The summed E-state index contributed by atoms with van der Waals surface area (Å²) in [7, 11) is 0. The summed E-state index contributed by atoms with van der Waals surface area (Å²) in [5.74, 6) is -0.690. The van der Waals surface area contributed by atoms with Crippen LogP contribution in [0.3, 0.4) is 0 Å². The molecule has 2 rings (SSSR count). The number of carboxylic acids is 1. The van der Waals surface area contributed by atoms with Gasteiger partial charge in [-0.05, 0) is 19.3 Å². The summed E-state index contributed by atoms with van der Waals surface area (Å²) in [6.07, 6.45) is 3.11. The molecule has 1 N–H and O–H groups in total. The third-order valence-electron chi connectivity index (χ3n) is 3.69. The molecule has 2 fully saturated rings. The van der Waals surface area contributed by atoms with Crippen molar-refractivity contribution < 1.29 is 19.4 Å². The summed E-state index contributed by atoms with van der Waals surface area (Å²) in [6, 6.07) is 0. The van der Waals surface area contributed by atoms with Crippen LogP contribution in [0.25, 0.3) is 0 Å². The fourth-order valence-corrected chi connectivity index (χ4v) is 2.68. The highest BCUT2D eigenvalue weighted by molar-refractivity contribution is 5.78. The van der Waals surface area contributed by atoms with E-state index in [0.717, 1.165) is 25.9 Å². The largest absolute Gasteiger partial charge is 0.481 e. The first-order chi connectivity index (χ1) is 9.15. The van der Waals surface area contributed by atoms with Crippen LogP contribution in [-0.2, 0) is 14.3 Å². The topological polar surface area (TPSA) is 70.1 Å². The average molecular weight is 270 g/mol. The molecule has 1 unspecified atom stereocenters. The van der Waals surface area contributed by atoms with Gasteiger partial charge in [-0.2, -0.15) is 0 Å². The van der Waals surface area contributed by atoms with Crippen molar-refractivity contribution in [1.29, 1.82) is 0 Å². The molecule has 1 amide bonds. The molecule has 2 heterocycles. The number of hydrogen-bond acceptors (Lipinski definition) is 4. The Morgan fingerprint density at radius 2 is 1.89 bits per heavy atom. The van der Waals surface area contributed by atoms with E-state index >= 15 is 0 Å². The molecule has 1 atom stereocenters. The van der Waals surface area contributed by atoms with E-state index in [-0.39, 0.29) is 18.4 Å². The Morgan fingerprint density at radius 1 is 1.16 bits per heavy atom. The van der Waals surface area contributed by atoms with E-state index in [0.29, 0.717) is 26.2 Å². The Balaban J connectivity index is 1.77. The molecule has 0 aromatic rings. The minimum atomic E-state index is -0.853. The van der Waals surface area contributed by atoms with Gasteiger partial charge in [-0.3, -0.25) is 14.5 Å². The summed E-state index contributed by atoms with van der Waals surface area (Å²) in [5.41, 5.74) is 0. The highest BCUT2D eigenvalue weighted by Crippen LogP contribution is 2.12. The van der Waals surface area contributed by atoms with Crippen molar-refractivity contribution in [3.63, 3.8) is 0 Å². The normalized spacial score (nSPS) is 25.3. The number of hydrogen-bond donors (Lipinski definition) is 1. The first kappa shape index (κ1) is 14.3. The summed E-state index contributed by atoms with van der Waals surface area (Å²) >= 11 is 0. The molecule has 0 aromatic carbocycles. The second-order valence-corrected chi connectivity index (χ2v) is 5.27. The van der Waals surface area contributed by atoms with Gasteiger partial charge in [0, 0.05) is 26.2 Å². The fraction of sp³-hybridized carbons (Fsp3) is 0.846. The molecule has 0 saturated carbocycles. The Bertz CT molecular complexity index is 329. The number of morpholine rings is 1. The van der Waals surface area contributed by atoms with E-state index in [9.17, 15) is 9.59 Å². The van der Waals surface area contributed by atoms with Crippen LogP contribution in [0.2, 0.25) is 0 Å². The molecule has 2 aliphatic rings.